The number of aromatic nitrogens is 2. The molecule has 2 heterocycles. The number of para-hydroxylation sites is 1. The Morgan fingerprint density at radius 3 is 2.77 bits per heavy atom. The number of nitrogens with zero attached hydrogens (tertiary/aromatic N) is 2. The number of hydrogen-bond acceptors (Lipinski definition) is 8. The van der Waals surface area contributed by atoms with Gasteiger partial charge >= 0.3 is 0 Å². The van der Waals surface area contributed by atoms with Crippen LogP contribution in [0.15, 0.2) is 28.6 Å². The van der Waals surface area contributed by atoms with Crippen molar-refractivity contribution in [2.24, 2.45) is 5.73 Å². The normalized spacial score (nSPS) is 13.0. The smallest absolute Gasteiger partial charge is 0.251 e. The summed E-state index contributed by atoms with van der Waals surface area (Å²) in [5.74, 6) is -0.488. The van der Waals surface area contributed by atoms with Crippen molar-refractivity contribution in [1.82, 2.24) is 10.2 Å². The monoisotopic (exact) mass is 459 g/mol. The number of carbonyl (C=O) groups is 2. The van der Waals surface area contributed by atoms with Gasteiger partial charge < -0.3 is 16.4 Å². The molecule has 156 valence electrons. The minimum atomic E-state index is -0.478. The first-order chi connectivity index (χ1) is 14.5. The number of aryl methyl sites for hydroxylation is 2. The lowest BCUT2D eigenvalue weighted by atomic mass is 9.95. The van der Waals surface area contributed by atoms with Crippen LogP contribution in [-0.4, -0.2) is 27.8 Å². The van der Waals surface area contributed by atoms with Crippen molar-refractivity contribution in [3.05, 3.63) is 45.8 Å². The van der Waals surface area contributed by atoms with Gasteiger partial charge in [0.15, 0.2) is 4.34 Å². The maximum atomic E-state index is 12.5. The van der Waals surface area contributed by atoms with E-state index in [1.807, 2.05) is 31.2 Å². The van der Waals surface area contributed by atoms with Crippen molar-refractivity contribution in [3.8, 4) is 0 Å². The molecule has 4 N–H and O–H groups in total. The molecule has 1 aromatic carbocycles. The Balaban J connectivity index is 1.37. The topological polar surface area (TPSA) is 110 Å². The molecule has 0 aliphatic heterocycles. The van der Waals surface area contributed by atoms with Gasteiger partial charge in [0, 0.05) is 10.6 Å². The molecule has 2 amide bonds. The van der Waals surface area contributed by atoms with Crippen molar-refractivity contribution in [2.45, 2.75) is 36.9 Å². The van der Waals surface area contributed by atoms with Crippen molar-refractivity contribution >= 4 is 62.1 Å². The van der Waals surface area contributed by atoms with Crippen molar-refractivity contribution in [1.29, 1.82) is 0 Å². The summed E-state index contributed by atoms with van der Waals surface area (Å²) in [6, 6.07) is 7.94. The van der Waals surface area contributed by atoms with E-state index in [9.17, 15) is 9.59 Å². The number of anilines is 3. The Kier molecular flexibility index (Phi) is 6.35. The fourth-order valence-electron chi connectivity index (χ4n) is 3.35. The number of fused-ring (bicyclic) bond motifs is 1. The van der Waals surface area contributed by atoms with Gasteiger partial charge in [-0.15, -0.1) is 21.5 Å². The van der Waals surface area contributed by atoms with Gasteiger partial charge in [0.05, 0.1) is 11.3 Å². The van der Waals surface area contributed by atoms with E-state index in [1.54, 1.807) is 0 Å². The fourth-order valence-corrected chi connectivity index (χ4v) is 6.23. The third kappa shape index (κ3) is 4.66. The Bertz CT molecular complexity index is 1090. The van der Waals surface area contributed by atoms with Crippen LogP contribution in [-0.2, 0) is 17.6 Å². The molecular weight excluding hydrogens is 438 g/mol. The number of rotatable bonds is 7. The first kappa shape index (κ1) is 20.8. The van der Waals surface area contributed by atoms with Crippen LogP contribution < -0.4 is 16.4 Å². The van der Waals surface area contributed by atoms with Gasteiger partial charge in [0.1, 0.15) is 5.00 Å². The molecule has 2 aromatic heterocycles. The Hall–Kier alpha value is -2.43. The SMILES string of the molecule is Cc1ccccc1Nc1nnc(SCC(=O)Nc2sc3c(c2C(N)=O)CCCC3)s1. The Morgan fingerprint density at radius 2 is 1.97 bits per heavy atom. The third-order valence-electron chi connectivity index (χ3n) is 4.79. The standard InChI is InChI=1S/C20H21N5O2S3/c1-11-6-2-4-8-13(11)22-19-24-25-20(30-19)28-10-15(26)23-18-16(17(21)27)12-7-3-5-9-14(12)29-18/h2,4,6,8H,3,5,7,9-10H2,1H3,(H2,21,27)(H,22,24)(H,23,26). The number of carbonyl (C=O) groups excluding carboxylic acids is 2. The molecule has 3 aromatic rings. The van der Waals surface area contributed by atoms with Crippen LogP contribution in [0.2, 0.25) is 0 Å². The summed E-state index contributed by atoms with van der Waals surface area (Å²) >= 11 is 4.18. The van der Waals surface area contributed by atoms with Crippen LogP contribution in [0.3, 0.4) is 0 Å². The molecule has 1 aliphatic carbocycles. The molecule has 4 rings (SSSR count). The number of hydrogen-bond donors (Lipinski definition) is 3. The van der Waals surface area contributed by atoms with Crippen LogP contribution in [0.4, 0.5) is 15.8 Å². The second-order valence-corrected chi connectivity index (χ2v) is 10.2. The number of nitrogens with two attached hydrogens (primary N) is 1. The summed E-state index contributed by atoms with van der Waals surface area (Å²) in [5, 5.41) is 15.6. The summed E-state index contributed by atoms with van der Waals surface area (Å²) in [7, 11) is 0. The van der Waals surface area contributed by atoms with Crippen LogP contribution in [0.1, 0.15) is 39.2 Å². The van der Waals surface area contributed by atoms with E-state index in [4.69, 9.17) is 5.73 Å². The predicted octanol–water partition coefficient (Wildman–Crippen LogP) is 4.36. The first-order valence-electron chi connectivity index (χ1n) is 9.54. The summed E-state index contributed by atoms with van der Waals surface area (Å²) in [5.41, 5.74) is 9.17. The largest absolute Gasteiger partial charge is 0.365 e. The average Bonchev–Trinajstić information content (AvgIpc) is 3.32. The van der Waals surface area contributed by atoms with E-state index < -0.39 is 5.91 Å². The fraction of sp³-hybridized carbons (Fsp3) is 0.300. The highest BCUT2D eigenvalue weighted by Gasteiger charge is 2.25. The van der Waals surface area contributed by atoms with E-state index in [1.165, 1.54) is 34.4 Å². The van der Waals surface area contributed by atoms with E-state index in [2.05, 4.69) is 20.8 Å². The lowest BCUT2D eigenvalue weighted by Crippen LogP contribution is -2.19. The van der Waals surface area contributed by atoms with Gasteiger partial charge in [0.2, 0.25) is 11.0 Å². The Labute approximate surface area is 186 Å². The molecule has 1 aliphatic rings. The number of thiophene rings is 1. The minimum absolute atomic E-state index is 0.180. The zero-order valence-electron chi connectivity index (χ0n) is 16.4. The summed E-state index contributed by atoms with van der Waals surface area (Å²) < 4.78 is 0.696. The second-order valence-electron chi connectivity index (χ2n) is 6.93. The summed E-state index contributed by atoms with van der Waals surface area (Å²) in [6.07, 6.45) is 3.93. The van der Waals surface area contributed by atoms with E-state index in [0.717, 1.165) is 47.4 Å². The van der Waals surface area contributed by atoms with Crippen LogP contribution in [0, 0.1) is 6.92 Å². The van der Waals surface area contributed by atoms with Crippen LogP contribution >= 0.6 is 34.4 Å². The maximum Gasteiger partial charge on any atom is 0.251 e. The molecule has 0 saturated carbocycles. The highest BCUT2D eigenvalue weighted by molar-refractivity contribution is 8.01. The number of nitrogens with one attached hydrogen (secondary N) is 2. The van der Waals surface area contributed by atoms with Gasteiger partial charge in [-0.05, 0) is 49.8 Å². The quantitative estimate of drug-likeness (QED) is 0.453. The minimum Gasteiger partial charge on any atom is -0.365 e. The highest BCUT2D eigenvalue weighted by Crippen LogP contribution is 2.38. The van der Waals surface area contributed by atoms with Gasteiger partial charge in [-0.25, -0.2) is 0 Å². The van der Waals surface area contributed by atoms with Crippen LogP contribution in [0.5, 0.6) is 0 Å². The lowest BCUT2D eigenvalue weighted by molar-refractivity contribution is -0.113. The van der Waals surface area contributed by atoms with Crippen LogP contribution in [0.25, 0.3) is 0 Å². The molecule has 0 bridgehead atoms. The molecule has 7 nitrogen and oxygen atoms in total. The van der Waals surface area contributed by atoms with Crippen molar-refractivity contribution < 1.29 is 9.59 Å². The molecule has 0 spiro atoms. The van der Waals surface area contributed by atoms with Gasteiger partial charge in [-0.2, -0.15) is 0 Å². The number of thioether (sulfide) groups is 1. The predicted molar refractivity (Wildman–Crippen MR) is 123 cm³/mol. The van der Waals surface area contributed by atoms with Gasteiger partial charge in [0.25, 0.3) is 5.91 Å². The summed E-state index contributed by atoms with van der Waals surface area (Å²) in [6.45, 7) is 2.02. The first-order valence-corrected chi connectivity index (χ1v) is 12.2. The summed E-state index contributed by atoms with van der Waals surface area (Å²) in [4.78, 5) is 25.6. The molecule has 0 atom stereocenters. The highest BCUT2D eigenvalue weighted by atomic mass is 32.2. The molecule has 0 saturated heterocycles. The molecule has 10 heteroatoms. The van der Waals surface area contributed by atoms with E-state index in [-0.39, 0.29) is 11.7 Å². The number of benzene rings is 1. The lowest BCUT2D eigenvalue weighted by Gasteiger charge is -2.11. The van der Waals surface area contributed by atoms with Gasteiger partial charge in [-0.3, -0.25) is 9.59 Å². The van der Waals surface area contributed by atoms with E-state index >= 15 is 0 Å². The van der Waals surface area contributed by atoms with Crippen molar-refractivity contribution in [3.63, 3.8) is 0 Å². The molecule has 30 heavy (non-hydrogen) atoms. The second kappa shape index (κ2) is 9.15. The molecule has 0 unspecified atom stereocenters. The van der Waals surface area contributed by atoms with Crippen molar-refractivity contribution in [2.75, 3.05) is 16.4 Å². The average molecular weight is 460 g/mol. The zero-order chi connectivity index (χ0) is 21.1. The molecular formula is C20H21N5O2S3. The zero-order valence-corrected chi connectivity index (χ0v) is 18.8. The number of primary amides is 1. The third-order valence-corrected chi connectivity index (χ3v) is 7.97. The molecule has 0 radical (unpaired) electrons. The number of amides is 2. The maximum absolute atomic E-state index is 12.5. The van der Waals surface area contributed by atoms with E-state index in [0.29, 0.717) is 20.0 Å². The molecule has 0 fully saturated rings. The Morgan fingerprint density at radius 1 is 1.17 bits per heavy atom. The van der Waals surface area contributed by atoms with Gasteiger partial charge in [-0.1, -0.05) is 41.3 Å².